The first kappa shape index (κ1) is 16.5. The highest BCUT2D eigenvalue weighted by Gasteiger charge is 2.39. The minimum atomic E-state index is -0.554. The molecule has 0 aliphatic heterocycles. The SMILES string of the molecule is CC(Cc1ccccc1)(C(=O)c1ccccc1)C1=Cc2ccccc2C1. The Morgan fingerprint density at radius 3 is 2.15 bits per heavy atom. The van der Waals surface area contributed by atoms with Gasteiger partial charge in [-0.15, -0.1) is 0 Å². The quantitative estimate of drug-likeness (QED) is 0.541. The minimum absolute atomic E-state index is 0.195. The zero-order chi connectivity index (χ0) is 18.0. The Bertz CT molecular complexity index is 954. The molecule has 26 heavy (non-hydrogen) atoms. The highest BCUT2D eigenvalue weighted by Crippen LogP contribution is 2.41. The summed E-state index contributed by atoms with van der Waals surface area (Å²) in [5.74, 6) is 0.195. The first-order chi connectivity index (χ1) is 12.7. The van der Waals surface area contributed by atoms with Crippen LogP contribution in [0.5, 0.6) is 0 Å². The smallest absolute Gasteiger partial charge is 0.173 e. The lowest BCUT2D eigenvalue weighted by molar-refractivity contribution is 0.0856. The molecule has 128 valence electrons. The molecule has 0 N–H and O–H groups in total. The summed E-state index contributed by atoms with van der Waals surface area (Å²) in [5, 5.41) is 0. The van der Waals surface area contributed by atoms with Gasteiger partial charge in [-0.2, -0.15) is 0 Å². The molecule has 1 unspecified atom stereocenters. The molecule has 0 amide bonds. The van der Waals surface area contributed by atoms with Gasteiger partial charge in [0, 0.05) is 5.56 Å². The van der Waals surface area contributed by atoms with Crippen LogP contribution in [0.2, 0.25) is 0 Å². The van der Waals surface area contributed by atoms with Crippen LogP contribution in [0.4, 0.5) is 0 Å². The largest absolute Gasteiger partial charge is 0.293 e. The van der Waals surface area contributed by atoms with Gasteiger partial charge >= 0.3 is 0 Å². The van der Waals surface area contributed by atoms with Crippen molar-refractivity contribution in [2.45, 2.75) is 19.8 Å². The number of allylic oxidation sites excluding steroid dienone is 1. The highest BCUT2D eigenvalue weighted by molar-refractivity contribution is 6.03. The lowest BCUT2D eigenvalue weighted by Gasteiger charge is -2.30. The van der Waals surface area contributed by atoms with Crippen LogP contribution in [0.3, 0.4) is 0 Å². The molecule has 0 aromatic heterocycles. The Labute approximate surface area is 155 Å². The standard InChI is InChI=1S/C25H22O/c1-25(18-19-10-4-2-5-11-19,24(26)20-12-6-3-7-13-20)23-16-21-14-8-9-15-22(21)17-23/h2-16H,17-18H2,1H3. The zero-order valence-corrected chi connectivity index (χ0v) is 15.0. The number of carbonyl (C=O) groups is 1. The van der Waals surface area contributed by atoms with Crippen molar-refractivity contribution in [3.63, 3.8) is 0 Å². The van der Waals surface area contributed by atoms with E-state index in [1.165, 1.54) is 22.3 Å². The fraction of sp³-hybridized carbons (Fsp3) is 0.160. The molecular formula is C25H22O. The minimum Gasteiger partial charge on any atom is -0.293 e. The van der Waals surface area contributed by atoms with Crippen molar-refractivity contribution in [3.05, 3.63) is 113 Å². The van der Waals surface area contributed by atoms with Crippen LogP contribution in [0, 0.1) is 5.41 Å². The molecule has 0 radical (unpaired) electrons. The number of hydrogen-bond donors (Lipinski definition) is 0. The monoisotopic (exact) mass is 338 g/mol. The molecule has 0 saturated heterocycles. The van der Waals surface area contributed by atoms with Gasteiger partial charge in [-0.25, -0.2) is 0 Å². The molecule has 4 rings (SSSR count). The third-order valence-corrected chi connectivity index (χ3v) is 5.41. The average Bonchev–Trinajstić information content (AvgIpc) is 3.14. The van der Waals surface area contributed by atoms with Gasteiger partial charge in [0.15, 0.2) is 5.78 Å². The molecule has 1 nitrogen and oxygen atoms in total. The Hall–Kier alpha value is -2.93. The lowest BCUT2D eigenvalue weighted by atomic mass is 9.71. The summed E-state index contributed by atoms with van der Waals surface area (Å²) in [6.45, 7) is 2.10. The van der Waals surface area contributed by atoms with Gasteiger partial charge in [0.25, 0.3) is 0 Å². The van der Waals surface area contributed by atoms with E-state index < -0.39 is 5.41 Å². The predicted octanol–water partition coefficient (Wildman–Crippen LogP) is 5.76. The van der Waals surface area contributed by atoms with Gasteiger partial charge in [0.1, 0.15) is 0 Å². The fourth-order valence-electron chi connectivity index (χ4n) is 3.89. The van der Waals surface area contributed by atoms with E-state index in [0.717, 1.165) is 12.0 Å². The predicted molar refractivity (Wildman–Crippen MR) is 107 cm³/mol. The number of hydrogen-bond acceptors (Lipinski definition) is 1. The number of rotatable bonds is 5. The van der Waals surface area contributed by atoms with Gasteiger partial charge < -0.3 is 0 Å². The van der Waals surface area contributed by atoms with Crippen molar-refractivity contribution in [3.8, 4) is 0 Å². The van der Waals surface area contributed by atoms with E-state index >= 15 is 0 Å². The Kier molecular flexibility index (Phi) is 4.30. The zero-order valence-electron chi connectivity index (χ0n) is 15.0. The van der Waals surface area contributed by atoms with Crippen molar-refractivity contribution < 1.29 is 4.79 Å². The van der Waals surface area contributed by atoms with Crippen molar-refractivity contribution in [2.24, 2.45) is 5.41 Å². The highest BCUT2D eigenvalue weighted by atomic mass is 16.1. The van der Waals surface area contributed by atoms with Crippen molar-refractivity contribution in [1.29, 1.82) is 0 Å². The third-order valence-electron chi connectivity index (χ3n) is 5.41. The second-order valence-electron chi connectivity index (χ2n) is 7.23. The summed E-state index contributed by atoms with van der Waals surface area (Å²) in [6.07, 6.45) is 3.78. The van der Waals surface area contributed by atoms with E-state index in [0.29, 0.717) is 6.42 Å². The van der Waals surface area contributed by atoms with E-state index in [-0.39, 0.29) is 5.78 Å². The Morgan fingerprint density at radius 2 is 1.46 bits per heavy atom. The number of fused-ring (bicyclic) bond motifs is 1. The molecule has 3 aromatic rings. The summed E-state index contributed by atoms with van der Waals surface area (Å²) in [4.78, 5) is 13.6. The maximum atomic E-state index is 13.6. The first-order valence-electron chi connectivity index (χ1n) is 9.09. The van der Waals surface area contributed by atoms with E-state index in [9.17, 15) is 4.79 Å². The number of Topliss-reactive ketones (excluding diaryl/α,β-unsaturated/α-hetero) is 1. The molecule has 0 fully saturated rings. The molecule has 1 atom stereocenters. The molecule has 1 heteroatoms. The van der Waals surface area contributed by atoms with E-state index in [1.807, 2.05) is 48.5 Å². The normalized spacial score (nSPS) is 15.0. The van der Waals surface area contributed by atoms with Crippen molar-refractivity contribution in [2.75, 3.05) is 0 Å². The van der Waals surface area contributed by atoms with Crippen molar-refractivity contribution >= 4 is 11.9 Å². The van der Waals surface area contributed by atoms with Gasteiger partial charge in [-0.3, -0.25) is 4.79 Å². The summed E-state index contributed by atoms with van der Waals surface area (Å²) < 4.78 is 0. The van der Waals surface area contributed by atoms with Crippen LogP contribution in [0.1, 0.15) is 34.0 Å². The maximum absolute atomic E-state index is 13.6. The van der Waals surface area contributed by atoms with Crippen LogP contribution >= 0.6 is 0 Å². The van der Waals surface area contributed by atoms with Crippen molar-refractivity contribution in [1.82, 2.24) is 0 Å². The summed E-state index contributed by atoms with van der Waals surface area (Å²) in [5.41, 5.74) is 5.17. The molecule has 0 saturated carbocycles. The van der Waals surface area contributed by atoms with Crippen LogP contribution in [0.25, 0.3) is 6.08 Å². The summed E-state index contributed by atoms with van der Waals surface area (Å²) in [7, 11) is 0. The maximum Gasteiger partial charge on any atom is 0.173 e. The van der Waals surface area contributed by atoms with Crippen LogP contribution in [-0.2, 0) is 12.8 Å². The van der Waals surface area contributed by atoms with E-state index in [2.05, 4.69) is 49.4 Å². The fourth-order valence-corrected chi connectivity index (χ4v) is 3.89. The molecule has 1 aliphatic rings. The molecule has 0 bridgehead atoms. The second-order valence-corrected chi connectivity index (χ2v) is 7.23. The van der Waals surface area contributed by atoms with Crippen LogP contribution < -0.4 is 0 Å². The molecule has 1 aliphatic carbocycles. The van der Waals surface area contributed by atoms with Crippen LogP contribution in [-0.4, -0.2) is 5.78 Å². The van der Waals surface area contributed by atoms with Crippen LogP contribution in [0.15, 0.2) is 90.5 Å². The van der Waals surface area contributed by atoms with Gasteiger partial charge in [-0.1, -0.05) is 96.6 Å². The topological polar surface area (TPSA) is 17.1 Å². The number of ketones is 1. The second kappa shape index (κ2) is 6.76. The number of benzene rings is 3. The molecule has 0 heterocycles. The molecule has 3 aromatic carbocycles. The lowest BCUT2D eigenvalue weighted by Crippen LogP contribution is -2.33. The van der Waals surface area contributed by atoms with E-state index in [1.54, 1.807) is 0 Å². The molecule has 0 spiro atoms. The molecular weight excluding hydrogens is 316 g/mol. The summed E-state index contributed by atoms with van der Waals surface area (Å²) in [6, 6.07) is 28.4. The Balaban J connectivity index is 1.76. The van der Waals surface area contributed by atoms with E-state index in [4.69, 9.17) is 0 Å². The van der Waals surface area contributed by atoms with Gasteiger partial charge in [0.2, 0.25) is 0 Å². The number of carbonyl (C=O) groups excluding carboxylic acids is 1. The van der Waals surface area contributed by atoms with Gasteiger partial charge in [0.05, 0.1) is 5.41 Å². The summed E-state index contributed by atoms with van der Waals surface area (Å²) >= 11 is 0. The first-order valence-corrected chi connectivity index (χ1v) is 9.09. The Morgan fingerprint density at radius 1 is 0.846 bits per heavy atom. The average molecular weight is 338 g/mol. The van der Waals surface area contributed by atoms with Gasteiger partial charge in [-0.05, 0) is 36.5 Å². The third kappa shape index (κ3) is 3.01.